The number of amides is 1. The van der Waals surface area contributed by atoms with Crippen LogP contribution in [0.2, 0.25) is 5.02 Å². The Hall–Kier alpha value is -1.29. The third-order valence-corrected chi connectivity index (χ3v) is 3.04. The predicted octanol–water partition coefficient (Wildman–Crippen LogP) is 2.01. The third-order valence-electron chi connectivity index (χ3n) is 2.84. The summed E-state index contributed by atoms with van der Waals surface area (Å²) in [7, 11) is 0. The van der Waals surface area contributed by atoms with Gasteiger partial charge in [-0.05, 0) is 19.3 Å². The molecule has 1 aromatic rings. The monoisotopic (exact) mass is 253 g/mol. The molecule has 0 fully saturated rings. The van der Waals surface area contributed by atoms with Crippen molar-refractivity contribution in [2.75, 3.05) is 6.54 Å². The Kier molecular flexibility index (Phi) is 4.20. The van der Waals surface area contributed by atoms with Gasteiger partial charge in [-0.3, -0.25) is 9.48 Å². The lowest BCUT2D eigenvalue weighted by Crippen LogP contribution is -2.30. The maximum absolute atomic E-state index is 11.7. The molecule has 1 aromatic heterocycles. The molecule has 0 atom stereocenters. The van der Waals surface area contributed by atoms with Crippen molar-refractivity contribution in [3.8, 4) is 0 Å². The van der Waals surface area contributed by atoms with E-state index in [1.807, 2.05) is 0 Å². The van der Waals surface area contributed by atoms with Gasteiger partial charge in [0.1, 0.15) is 0 Å². The van der Waals surface area contributed by atoms with Gasteiger partial charge in [-0.2, -0.15) is 5.10 Å². The van der Waals surface area contributed by atoms with E-state index in [1.54, 1.807) is 17.1 Å². The Labute approximate surface area is 106 Å². The van der Waals surface area contributed by atoms with E-state index in [0.29, 0.717) is 11.6 Å². The van der Waals surface area contributed by atoms with Crippen LogP contribution in [0.5, 0.6) is 0 Å². The summed E-state index contributed by atoms with van der Waals surface area (Å²) in [6, 6.07) is 0. The first-order valence-corrected chi connectivity index (χ1v) is 6.24. The van der Waals surface area contributed by atoms with Crippen LogP contribution in [-0.2, 0) is 11.3 Å². The topological polar surface area (TPSA) is 46.9 Å². The first-order valence-electron chi connectivity index (χ1n) is 5.86. The fraction of sp³-hybridized carbons (Fsp3) is 0.500. The van der Waals surface area contributed by atoms with E-state index in [1.165, 1.54) is 0 Å². The van der Waals surface area contributed by atoms with Crippen LogP contribution in [0.15, 0.2) is 24.5 Å². The molecule has 1 aliphatic carbocycles. The summed E-state index contributed by atoms with van der Waals surface area (Å²) in [4.78, 5) is 11.7. The zero-order chi connectivity index (χ0) is 12.1. The average Bonchev–Trinajstić information content (AvgIpc) is 2.95. The van der Waals surface area contributed by atoms with Gasteiger partial charge in [-0.25, -0.2) is 0 Å². The first kappa shape index (κ1) is 12.2. The molecule has 0 saturated carbocycles. The number of aryl methyl sites for hydroxylation is 1. The summed E-state index contributed by atoms with van der Waals surface area (Å²) >= 11 is 5.75. The number of carbonyl (C=O) groups is 1. The van der Waals surface area contributed by atoms with Crippen molar-refractivity contribution < 1.29 is 4.79 Å². The molecule has 0 spiro atoms. The van der Waals surface area contributed by atoms with E-state index in [2.05, 4.69) is 22.6 Å². The van der Waals surface area contributed by atoms with Gasteiger partial charge in [0.25, 0.3) is 0 Å². The zero-order valence-corrected chi connectivity index (χ0v) is 10.4. The van der Waals surface area contributed by atoms with Crippen molar-refractivity contribution in [3.05, 3.63) is 29.6 Å². The van der Waals surface area contributed by atoms with Gasteiger partial charge in [0.05, 0.1) is 11.2 Å². The van der Waals surface area contributed by atoms with E-state index in [9.17, 15) is 4.79 Å². The second-order valence-electron chi connectivity index (χ2n) is 4.21. The normalized spacial score (nSPS) is 15.4. The smallest absolute Gasteiger partial charge is 0.223 e. The van der Waals surface area contributed by atoms with Gasteiger partial charge in [-0.1, -0.05) is 23.8 Å². The van der Waals surface area contributed by atoms with Crippen LogP contribution in [0, 0.1) is 5.92 Å². The lowest BCUT2D eigenvalue weighted by molar-refractivity contribution is -0.124. The Bertz CT molecular complexity index is 406. The summed E-state index contributed by atoms with van der Waals surface area (Å²) in [5.41, 5.74) is 0. The molecule has 0 radical (unpaired) electrons. The van der Waals surface area contributed by atoms with Crippen LogP contribution in [0.25, 0.3) is 0 Å². The third kappa shape index (κ3) is 3.60. The molecule has 0 saturated heterocycles. The van der Waals surface area contributed by atoms with Crippen molar-refractivity contribution in [2.45, 2.75) is 25.8 Å². The minimum atomic E-state index is 0.147. The average molecular weight is 254 g/mol. The van der Waals surface area contributed by atoms with Crippen LogP contribution in [0.3, 0.4) is 0 Å². The number of halogens is 1. The number of carbonyl (C=O) groups excluding carboxylic acids is 1. The van der Waals surface area contributed by atoms with Gasteiger partial charge in [0.2, 0.25) is 5.91 Å². The Morgan fingerprint density at radius 2 is 2.29 bits per heavy atom. The SMILES string of the molecule is O=C(NCCCn1cc(Cl)cn1)C1CC=CC1. The largest absolute Gasteiger partial charge is 0.356 e. The van der Waals surface area contributed by atoms with Crippen molar-refractivity contribution in [2.24, 2.45) is 5.92 Å². The first-order chi connectivity index (χ1) is 8.25. The fourth-order valence-electron chi connectivity index (χ4n) is 1.89. The molecule has 0 aliphatic heterocycles. The van der Waals surface area contributed by atoms with Gasteiger partial charge in [0.15, 0.2) is 0 Å². The van der Waals surface area contributed by atoms with Gasteiger partial charge < -0.3 is 5.32 Å². The lowest BCUT2D eigenvalue weighted by Gasteiger charge is -2.10. The molecule has 17 heavy (non-hydrogen) atoms. The van der Waals surface area contributed by atoms with E-state index in [0.717, 1.165) is 25.8 Å². The van der Waals surface area contributed by atoms with E-state index in [-0.39, 0.29) is 11.8 Å². The molecule has 4 nitrogen and oxygen atoms in total. The number of nitrogens with one attached hydrogen (secondary N) is 1. The molecule has 92 valence electrons. The summed E-state index contributed by atoms with van der Waals surface area (Å²) < 4.78 is 1.78. The number of hydrogen-bond donors (Lipinski definition) is 1. The number of rotatable bonds is 5. The van der Waals surface area contributed by atoms with Crippen molar-refractivity contribution in [1.29, 1.82) is 0 Å². The lowest BCUT2D eigenvalue weighted by atomic mass is 10.1. The summed E-state index contributed by atoms with van der Waals surface area (Å²) in [5.74, 6) is 0.308. The van der Waals surface area contributed by atoms with Crippen LogP contribution < -0.4 is 5.32 Å². The molecular formula is C12H16ClN3O. The van der Waals surface area contributed by atoms with Gasteiger partial charge >= 0.3 is 0 Å². The molecule has 1 aliphatic rings. The van der Waals surface area contributed by atoms with Crippen LogP contribution in [-0.4, -0.2) is 22.2 Å². The molecule has 0 unspecified atom stereocenters. The highest BCUT2D eigenvalue weighted by Gasteiger charge is 2.18. The second kappa shape index (κ2) is 5.87. The molecule has 1 N–H and O–H groups in total. The van der Waals surface area contributed by atoms with E-state index >= 15 is 0 Å². The van der Waals surface area contributed by atoms with Gasteiger partial charge in [0, 0.05) is 25.2 Å². The molecule has 1 heterocycles. The maximum Gasteiger partial charge on any atom is 0.223 e. The van der Waals surface area contributed by atoms with Crippen molar-refractivity contribution >= 4 is 17.5 Å². The Morgan fingerprint density at radius 1 is 1.53 bits per heavy atom. The molecule has 1 amide bonds. The summed E-state index contributed by atoms with van der Waals surface area (Å²) in [5, 5.41) is 7.67. The molecular weight excluding hydrogens is 238 g/mol. The minimum Gasteiger partial charge on any atom is -0.356 e. The predicted molar refractivity (Wildman–Crippen MR) is 66.7 cm³/mol. The molecule has 0 bridgehead atoms. The molecule has 5 heteroatoms. The van der Waals surface area contributed by atoms with Crippen molar-refractivity contribution in [3.63, 3.8) is 0 Å². The van der Waals surface area contributed by atoms with Crippen LogP contribution >= 0.6 is 11.6 Å². The highest BCUT2D eigenvalue weighted by atomic mass is 35.5. The quantitative estimate of drug-likeness (QED) is 0.645. The van der Waals surface area contributed by atoms with E-state index < -0.39 is 0 Å². The highest BCUT2D eigenvalue weighted by Crippen LogP contribution is 2.17. The molecule has 2 rings (SSSR count). The number of nitrogens with zero attached hydrogens (tertiary/aromatic N) is 2. The van der Waals surface area contributed by atoms with Crippen LogP contribution in [0.1, 0.15) is 19.3 Å². The maximum atomic E-state index is 11.7. The number of aromatic nitrogens is 2. The Morgan fingerprint density at radius 3 is 2.94 bits per heavy atom. The number of hydrogen-bond acceptors (Lipinski definition) is 2. The Balaban J connectivity index is 1.61. The fourth-order valence-corrected chi connectivity index (χ4v) is 2.05. The van der Waals surface area contributed by atoms with Gasteiger partial charge in [-0.15, -0.1) is 0 Å². The second-order valence-corrected chi connectivity index (χ2v) is 4.64. The standard InChI is InChI=1S/C12H16ClN3O/c13-11-8-15-16(9-11)7-3-6-14-12(17)10-4-1-2-5-10/h1-2,8-10H,3-7H2,(H,14,17). The summed E-state index contributed by atoms with van der Waals surface area (Å²) in [6.45, 7) is 1.46. The highest BCUT2D eigenvalue weighted by molar-refractivity contribution is 6.30. The van der Waals surface area contributed by atoms with Crippen LogP contribution in [0.4, 0.5) is 0 Å². The zero-order valence-electron chi connectivity index (χ0n) is 9.60. The minimum absolute atomic E-state index is 0.147. The summed E-state index contributed by atoms with van der Waals surface area (Å²) in [6.07, 6.45) is 10.1. The number of allylic oxidation sites excluding steroid dienone is 2. The van der Waals surface area contributed by atoms with Crippen molar-refractivity contribution in [1.82, 2.24) is 15.1 Å². The molecule has 0 aromatic carbocycles. The van der Waals surface area contributed by atoms with E-state index in [4.69, 9.17) is 11.6 Å².